The van der Waals surface area contributed by atoms with Crippen LogP contribution in [0.5, 0.6) is 0 Å². The summed E-state index contributed by atoms with van der Waals surface area (Å²) in [4.78, 5) is 0. The minimum Gasteiger partial charge on any atom is -0.407 e. The summed E-state index contributed by atoms with van der Waals surface area (Å²) in [6.07, 6.45) is 5.23. The Kier molecular flexibility index (Phi) is 8.02. The second kappa shape index (κ2) is 10.0. The maximum absolute atomic E-state index is 9.10. The average Bonchev–Trinajstić information content (AvgIpc) is 2.67. The lowest BCUT2D eigenvalue weighted by Gasteiger charge is -2.43. The first-order valence-corrected chi connectivity index (χ1v) is 11.8. The zero-order valence-corrected chi connectivity index (χ0v) is 18.2. The van der Waals surface area contributed by atoms with Gasteiger partial charge in [-0.1, -0.05) is 93.1 Å². The molecule has 0 amide bonds. The van der Waals surface area contributed by atoms with Crippen LogP contribution in [0.15, 0.2) is 72.3 Å². The molecule has 2 rings (SSSR count). The van der Waals surface area contributed by atoms with Gasteiger partial charge in [0.25, 0.3) is 8.32 Å². The SMILES string of the molecule is C/C(=C\CCCCO[Si](c1ccccc1)(c1ccccc1)C(C)(C)C)CO. The van der Waals surface area contributed by atoms with Crippen LogP contribution in [0, 0.1) is 0 Å². The Labute approximate surface area is 166 Å². The summed E-state index contributed by atoms with van der Waals surface area (Å²) < 4.78 is 6.87. The third kappa shape index (κ3) is 5.41. The van der Waals surface area contributed by atoms with Crippen LogP contribution in [-0.4, -0.2) is 26.6 Å². The van der Waals surface area contributed by atoms with Crippen LogP contribution in [0.3, 0.4) is 0 Å². The van der Waals surface area contributed by atoms with E-state index in [0.29, 0.717) is 0 Å². The molecular weight excluding hydrogens is 348 g/mol. The molecule has 0 radical (unpaired) electrons. The van der Waals surface area contributed by atoms with Crippen LogP contribution in [0.4, 0.5) is 0 Å². The van der Waals surface area contributed by atoms with Crippen molar-refractivity contribution in [1.82, 2.24) is 0 Å². The highest BCUT2D eigenvalue weighted by molar-refractivity contribution is 6.99. The van der Waals surface area contributed by atoms with E-state index < -0.39 is 8.32 Å². The molecule has 146 valence electrons. The normalized spacial score (nSPS) is 13.0. The first-order valence-electron chi connectivity index (χ1n) is 9.93. The molecule has 27 heavy (non-hydrogen) atoms. The zero-order chi connectivity index (χ0) is 19.8. The van der Waals surface area contributed by atoms with Gasteiger partial charge in [-0.2, -0.15) is 0 Å². The maximum Gasteiger partial charge on any atom is 0.261 e. The monoisotopic (exact) mass is 382 g/mol. The van der Waals surface area contributed by atoms with Crippen molar-refractivity contribution >= 4 is 18.7 Å². The van der Waals surface area contributed by atoms with Gasteiger partial charge in [-0.05, 0) is 41.6 Å². The highest BCUT2D eigenvalue weighted by atomic mass is 28.4. The molecule has 0 saturated carbocycles. The molecule has 2 nitrogen and oxygen atoms in total. The zero-order valence-electron chi connectivity index (χ0n) is 17.2. The van der Waals surface area contributed by atoms with Gasteiger partial charge in [0, 0.05) is 6.61 Å². The fourth-order valence-electron chi connectivity index (χ4n) is 3.65. The Balaban J connectivity index is 2.25. The minimum atomic E-state index is -2.39. The number of hydrogen-bond donors (Lipinski definition) is 1. The lowest BCUT2D eigenvalue weighted by atomic mass is 10.2. The summed E-state index contributed by atoms with van der Waals surface area (Å²) in [5, 5.41) is 11.8. The van der Waals surface area contributed by atoms with E-state index in [2.05, 4.69) is 87.5 Å². The number of aliphatic hydroxyl groups is 1. The number of hydrogen-bond acceptors (Lipinski definition) is 2. The molecule has 0 bridgehead atoms. The Morgan fingerprint density at radius 3 is 1.89 bits per heavy atom. The van der Waals surface area contributed by atoms with Crippen molar-refractivity contribution in [3.63, 3.8) is 0 Å². The number of allylic oxidation sites excluding steroid dienone is 1. The predicted molar refractivity (Wildman–Crippen MR) is 118 cm³/mol. The Morgan fingerprint density at radius 1 is 0.926 bits per heavy atom. The smallest absolute Gasteiger partial charge is 0.261 e. The third-order valence-corrected chi connectivity index (χ3v) is 10.1. The lowest BCUT2D eigenvalue weighted by Crippen LogP contribution is -2.66. The number of aliphatic hydroxyl groups excluding tert-OH is 1. The molecule has 1 N–H and O–H groups in total. The van der Waals surface area contributed by atoms with Crippen LogP contribution in [0.25, 0.3) is 0 Å². The third-order valence-electron chi connectivity index (χ3n) is 5.08. The molecule has 0 saturated heterocycles. The molecule has 2 aromatic rings. The van der Waals surface area contributed by atoms with Gasteiger partial charge in [-0.25, -0.2) is 0 Å². The summed E-state index contributed by atoms with van der Waals surface area (Å²) in [7, 11) is -2.39. The highest BCUT2D eigenvalue weighted by Gasteiger charge is 2.49. The van der Waals surface area contributed by atoms with Crippen molar-refractivity contribution in [3.8, 4) is 0 Å². The van der Waals surface area contributed by atoms with Gasteiger partial charge in [0.05, 0.1) is 6.61 Å². The van der Waals surface area contributed by atoms with Gasteiger partial charge in [-0.3, -0.25) is 0 Å². The molecule has 3 heteroatoms. The van der Waals surface area contributed by atoms with Gasteiger partial charge in [-0.15, -0.1) is 0 Å². The van der Waals surface area contributed by atoms with Crippen molar-refractivity contribution in [1.29, 1.82) is 0 Å². The van der Waals surface area contributed by atoms with E-state index in [0.717, 1.165) is 31.4 Å². The highest BCUT2D eigenvalue weighted by Crippen LogP contribution is 2.36. The fraction of sp³-hybridized carbons (Fsp3) is 0.417. The van der Waals surface area contributed by atoms with E-state index in [9.17, 15) is 0 Å². The van der Waals surface area contributed by atoms with Gasteiger partial charge in [0.15, 0.2) is 0 Å². The summed E-state index contributed by atoms with van der Waals surface area (Å²) in [6.45, 7) is 9.82. The van der Waals surface area contributed by atoms with E-state index in [4.69, 9.17) is 9.53 Å². The molecule has 2 aromatic carbocycles. The van der Waals surface area contributed by atoms with Crippen LogP contribution >= 0.6 is 0 Å². The van der Waals surface area contributed by atoms with Crippen molar-refractivity contribution < 1.29 is 9.53 Å². The molecule has 0 unspecified atom stereocenters. The van der Waals surface area contributed by atoms with Crippen molar-refractivity contribution in [2.75, 3.05) is 13.2 Å². The summed E-state index contributed by atoms with van der Waals surface area (Å²) >= 11 is 0. The van der Waals surface area contributed by atoms with Gasteiger partial charge < -0.3 is 9.53 Å². The standard InChI is InChI=1S/C24H34O2Si/c1-21(20-25)14-8-7-13-19-26-27(24(2,3)4,22-15-9-5-10-16-22)23-17-11-6-12-18-23/h5-6,9-12,14-18,25H,7-8,13,19-20H2,1-4H3/b21-14+. The number of rotatable bonds is 9. The van der Waals surface area contributed by atoms with Crippen LogP contribution in [-0.2, 0) is 4.43 Å². The maximum atomic E-state index is 9.10. The Hall–Kier alpha value is -1.68. The van der Waals surface area contributed by atoms with E-state index >= 15 is 0 Å². The van der Waals surface area contributed by atoms with Crippen molar-refractivity contribution in [2.24, 2.45) is 0 Å². The predicted octanol–water partition coefficient (Wildman–Crippen LogP) is 4.67. The summed E-state index contributed by atoms with van der Waals surface area (Å²) in [5.41, 5.74) is 1.04. The molecule has 0 heterocycles. The molecule has 0 atom stereocenters. The lowest BCUT2D eigenvalue weighted by molar-refractivity contribution is 0.288. The van der Waals surface area contributed by atoms with Gasteiger partial charge in [0.2, 0.25) is 0 Å². The summed E-state index contributed by atoms with van der Waals surface area (Å²) in [5.74, 6) is 0. The second-order valence-corrected chi connectivity index (χ2v) is 12.5. The summed E-state index contributed by atoms with van der Waals surface area (Å²) in [6, 6.07) is 21.6. The molecule has 0 aliphatic heterocycles. The molecule has 0 aliphatic rings. The topological polar surface area (TPSA) is 29.5 Å². The van der Waals surface area contributed by atoms with Crippen LogP contribution < -0.4 is 10.4 Å². The molecule has 0 fully saturated rings. The van der Waals surface area contributed by atoms with Gasteiger partial charge in [0.1, 0.15) is 0 Å². The van der Waals surface area contributed by atoms with E-state index in [1.807, 2.05) is 6.92 Å². The Morgan fingerprint density at radius 2 is 1.44 bits per heavy atom. The first kappa shape index (κ1) is 21.6. The molecular formula is C24H34O2Si. The fourth-order valence-corrected chi connectivity index (χ4v) is 8.25. The molecule has 0 aliphatic carbocycles. The number of benzene rings is 2. The van der Waals surface area contributed by atoms with E-state index in [1.165, 1.54) is 10.4 Å². The largest absolute Gasteiger partial charge is 0.407 e. The second-order valence-electron chi connectivity index (χ2n) is 8.22. The molecule has 0 spiro atoms. The number of unbranched alkanes of at least 4 members (excludes halogenated alkanes) is 2. The van der Waals surface area contributed by atoms with Crippen molar-refractivity contribution in [3.05, 3.63) is 72.3 Å². The van der Waals surface area contributed by atoms with Gasteiger partial charge >= 0.3 is 0 Å². The van der Waals surface area contributed by atoms with Crippen LogP contribution in [0.2, 0.25) is 5.04 Å². The Bertz CT molecular complexity index is 663. The van der Waals surface area contributed by atoms with E-state index in [1.54, 1.807) is 0 Å². The van der Waals surface area contributed by atoms with Crippen molar-refractivity contribution in [2.45, 2.75) is 52.0 Å². The quantitative estimate of drug-likeness (QED) is 0.388. The average molecular weight is 383 g/mol. The van der Waals surface area contributed by atoms with Crippen LogP contribution in [0.1, 0.15) is 47.0 Å². The molecule has 0 aromatic heterocycles. The minimum absolute atomic E-state index is 0.0308. The van der Waals surface area contributed by atoms with E-state index in [-0.39, 0.29) is 11.6 Å². The first-order chi connectivity index (χ1) is 12.9.